The lowest BCUT2D eigenvalue weighted by molar-refractivity contribution is 0.102. The van der Waals surface area contributed by atoms with Crippen LogP contribution in [0.1, 0.15) is 10.4 Å². The molecule has 0 bridgehead atoms. The normalized spacial score (nSPS) is 11.4. The van der Waals surface area contributed by atoms with Crippen LogP contribution in [0.3, 0.4) is 0 Å². The Morgan fingerprint density at radius 1 is 0.915 bits per heavy atom. The number of nitrogens with one attached hydrogen (secondary N) is 4. The van der Waals surface area contributed by atoms with Crippen LogP contribution in [0.15, 0.2) is 91.4 Å². The topological polar surface area (TPSA) is 128 Å². The third-order valence-electron chi connectivity index (χ3n) is 7.70. The Balaban J connectivity index is 1.23. The number of benzene rings is 3. The molecule has 4 heterocycles. The van der Waals surface area contributed by atoms with E-state index in [0.29, 0.717) is 73.8 Å². The third-order valence-corrected chi connectivity index (χ3v) is 7.70. The van der Waals surface area contributed by atoms with Crippen molar-refractivity contribution in [1.82, 2.24) is 35.0 Å². The van der Waals surface area contributed by atoms with Gasteiger partial charge >= 0.3 is 0 Å². The zero-order valence-corrected chi connectivity index (χ0v) is 25.5. The lowest BCUT2D eigenvalue weighted by Crippen LogP contribution is -2.20. The molecule has 0 aliphatic rings. The number of amides is 1. The van der Waals surface area contributed by atoms with Gasteiger partial charge in [0, 0.05) is 53.2 Å². The van der Waals surface area contributed by atoms with E-state index in [1.54, 1.807) is 54.9 Å². The number of aromatic amines is 2. The lowest BCUT2D eigenvalue weighted by Gasteiger charge is -2.12. The summed E-state index contributed by atoms with van der Waals surface area (Å²) in [5.41, 5.74) is 5.66. The van der Waals surface area contributed by atoms with Crippen molar-refractivity contribution in [1.29, 1.82) is 0 Å². The molecular weight excluding hydrogens is 600 g/mol. The maximum atomic E-state index is 15.4. The summed E-state index contributed by atoms with van der Waals surface area (Å²) in [6.45, 7) is 1.45. The molecule has 4 aromatic heterocycles. The predicted octanol–water partition coefficient (Wildman–Crippen LogP) is 6.73. The molecule has 4 N–H and O–H groups in total. The molecule has 47 heavy (non-hydrogen) atoms. The molecule has 0 saturated heterocycles. The molecule has 7 aromatic rings. The van der Waals surface area contributed by atoms with Crippen molar-refractivity contribution in [3.63, 3.8) is 0 Å². The molecule has 234 valence electrons. The van der Waals surface area contributed by atoms with Crippen LogP contribution in [0.4, 0.5) is 20.2 Å². The van der Waals surface area contributed by atoms with Gasteiger partial charge in [0.2, 0.25) is 0 Å². The zero-order valence-electron chi connectivity index (χ0n) is 25.5. The van der Waals surface area contributed by atoms with E-state index in [2.05, 4.69) is 35.8 Å². The molecule has 3 aromatic carbocycles. The van der Waals surface area contributed by atoms with Gasteiger partial charge in [-0.3, -0.25) is 14.9 Å². The number of hydrogen-bond donors (Lipinski definition) is 4. The highest BCUT2D eigenvalue weighted by Crippen LogP contribution is 2.35. The Bertz CT molecular complexity index is 2250. The molecule has 0 fully saturated rings. The summed E-state index contributed by atoms with van der Waals surface area (Å²) in [5.74, 6) is -0.810. The summed E-state index contributed by atoms with van der Waals surface area (Å²) in [6, 6.07) is 20.3. The second-order valence-corrected chi connectivity index (χ2v) is 11.3. The summed E-state index contributed by atoms with van der Waals surface area (Å²) in [5, 5.41) is 13.8. The van der Waals surface area contributed by atoms with Gasteiger partial charge in [-0.1, -0.05) is 18.2 Å². The first kappa shape index (κ1) is 29.7. The monoisotopic (exact) mass is 629 g/mol. The Kier molecular flexibility index (Phi) is 7.84. The number of anilines is 2. The molecule has 0 atom stereocenters. The number of carbonyl (C=O) groups excluding carboxylic acids is 1. The second-order valence-electron chi connectivity index (χ2n) is 11.3. The predicted molar refractivity (Wildman–Crippen MR) is 179 cm³/mol. The average molecular weight is 630 g/mol. The van der Waals surface area contributed by atoms with Crippen LogP contribution >= 0.6 is 0 Å². The molecule has 0 aliphatic heterocycles. The molecule has 10 nitrogen and oxygen atoms in total. The number of likely N-dealkylation sites (N-methyl/N-ethyl adjacent to an activating group) is 1. The first-order valence-corrected chi connectivity index (χ1v) is 14.9. The minimum atomic E-state index is -0.515. The van der Waals surface area contributed by atoms with Gasteiger partial charge in [-0.2, -0.15) is 5.10 Å². The average Bonchev–Trinajstić information content (AvgIpc) is 3.69. The Labute approximate surface area is 267 Å². The quantitative estimate of drug-likeness (QED) is 0.139. The molecular formula is C35H29F2N9O. The van der Waals surface area contributed by atoms with Gasteiger partial charge in [0.05, 0.1) is 11.9 Å². The van der Waals surface area contributed by atoms with E-state index in [4.69, 9.17) is 4.98 Å². The van der Waals surface area contributed by atoms with Crippen LogP contribution in [0.25, 0.3) is 55.8 Å². The fourth-order valence-corrected chi connectivity index (χ4v) is 5.41. The van der Waals surface area contributed by atoms with E-state index in [9.17, 15) is 9.18 Å². The summed E-state index contributed by atoms with van der Waals surface area (Å²) in [6.07, 6.45) is 4.75. The van der Waals surface area contributed by atoms with Crippen molar-refractivity contribution < 1.29 is 13.6 Å². The highest BCUT2D eigenvalue weighted by molar-refractivity contribution is 6.04. The van der Waals surface area contributed by atoms with Gasteiger partial charge in [0.1, 0.15) is 28.4 Å². The largest absolute Gasteiger partial charge is 0.384 e. The summed E-state index contributed by atoms with van der Waals surface area (Å²) in [7, 11) is 3.95. The van der Waals surface area contributed by atoms with Gasteiger partial charge in [-0.05, 0) is 79.8 Å². The maximum absolute atomic E-state index is 15.4. The van der Waals surface area contributed by atoms with E-state index in [1.807, 2.05) is 31.1 Å². The number of aromatic nitrogens is 6. The number of pyridine rings is 2. The smallest absolute Gasteiger partial charge is 0.255 e. The van der Waals surface area contributed by atoms with Crippen LogP contribution in [-0.2, 0) is 0 Å². The van der Waals surface area contributed by atoms with Gasteiger partial charge in [0.15, 0.2) is 11.5 Å². The van der Waals surface area contributed by atoms with Crippen molar-refractivity contribution in [2.24, 2.45) is 0 Å². The second kappa shape index (κ2) is 12.4. The van der Waals surface area contributed by atoms with Crippen molar-refractivity contribution in [2.45, 2.75) is 0 Å². The molecule has 0 unspecified atom stereocenters. The number of imidazole rings is 1. The number of fused-ring (bicyclic) bond motifs is 2. The SMILES string of the molecule is CN(C)CCNc1cc(F)cc(-c2ccnc3[nH]c(-c4n[nH]c5c(F)cc(-c6cncc(NC(=O)c7ccccc7)c6)cc45)nc23)c1. The highest BCUT2D eigenvalue weighted by Gasteiger charge is 2.19. The van der Waals surface area contributed by atoms with E-state index in [-0.39, 0.29) is 17.2 Å². The molecule has 12 heteroatoms. The fraction of sp³-hybridized carbons (Fsp3) is 0.114. The molecule has 0 radical (unpaired) electrons. The lowest BCUT2D eigenvalue weighted by atomic mass is 10.0. The minimum absolute atomic E-state index is 0.206. The Hall–Kier alpha value is -6.01. The maximum Gasteiger partial charge on any atom is 0.255 e. The number of hydrogen-bond acceptors (Lipinski definition) is 7. The van der Waals surface area contributed by atoms with Gasteiger partial charge in [-0.25, -0.2) is 18.7 Å². The van der Waals surface area contributed by atoms with E-state index >= 15 is 4.39 Å². The first-order chi connectivity index (χ1) is 22.8. The van der Waals surface area contributed by atoms with Crippen molar-refractivity contribution in [3.8, 4) is 33.8 Å². The van der Waals surface area contributed by atoms with Crippen LogP contribution in [-0.4, -0.2) is 68.1 Å². The van der Waals surface area contributed by atoms with Crippen LogP contribution in [0, 0.1) is 11.6 Å². The molecule has 0 spiro atoms. The van der Waals surface area contributed by atoms with Crippen molar-refractivity contribution >= 4 is 39.3 Å². The summed E-state index contributed by atoms with van der Waals surface area (Å²) < 4.78 is 30.2. The molecule has 1 amide bonds. The Morgan fingerprint density at radius 3 is 2.57 bits per heavy atom. The van der Waals surface area contributed by atoms with Crippen molar-refractivity contribution in [3.05, 3.63) is 109 Å². The molecule has 0 saturated carbocycles. The van der Waals surface area contributed by atoms with E-state index in [1.165, 1.54) is 24.4 Å². The van der Waals surface area contributed by atoms with Crippen molar-refractivity contribution in [2.75, 3.05) is 37.8 Å². The fourth-order valence-electron chi connectivity index (χ4n) is 5.41. The van der Waals surface area contributed by atoms with Crippen LogP contribution in [0.2, 0.25) is 0 Å². The standard InChI is InChI=1S/C35H29F2N9O/c1-46(2)11-10-39-25-13-22(12-24(36)17-25)27-8-9-40-33-31(27)42-34(43-33)32-28-15-21(16-29(37)30(28)44-45-32)23-14-26(19-38-18-23)41-35(47)20-6-4-3-5-7-20/h3-9,12-19,39H,10-11H2,1-2H3,(H,41,47)(H,44,45)(H,40,42,43). The summed E-state index contributed by atoms with van der Waals surface area (Å²) >= 11 is 0. The first-order valence-electron chi connectivity index (χ1n) is 14.9. The van der Waals surface area contributed by atoms with Gasteiger partial charge in [-0.15, -0.1) is 0 Å². The summed E-state index contributed by atoms with van der Waals surface area (Å²) in [4.78, 5) is 31.4. The number of nitrogens with zero attached hydrogens (tertiary/aromatic N) is 5. The Morgan fingerprint density at radius 2 is 1.74 bits per heavy atom. The van der Waals surface area contributed by atoms with Crippen LogP contribution < -0.4 is 10.6 Å². The molecule has 0 aliphatic carbocycles. The third kappa shape index (κ3) is 6.14. The zero-order chi connectivity index (χ0) is 32.5. The number of rotatable bonds is 9. The van der Waals surface area contributed by atoms with Gasteiger partial charge in [0.25, 0.3) is 5.91 Å². The van der Waals surface area contributed by atoms with E-state index in [0.717, 1.165) is 6.54 Å². The van der Waals surface area contributed by atoms with Gasteiger partial charge < -0.3 is 20.5 Å². The van der Waals surface area contributed by atoms with Crippen LogP contribution in [0.5, 0.6) is 0 Å². The van der Waals surface area contributed by atoms with E-state index < -0.39 is 5.82 Å². The number of halogens is 2. The molecule has 7 rings (SSSR count). The number of H-pyrrole nitrogens is 2. The number of carbonyl (C=O) groups is 1. The minimum Gasteiger partial charge on any atom is -0.384 e. The highest BCUT2D eigenvalue weighted by atomic mass is 19.1.